The van der Waals surface area contributed by atoms with Gasteiger partial charge in [0.15, 0.2) is 5.11 Å². The number of para-hydroxylation sites is 1. The molecule has 0 saturated heterocycles. The number of thiocarbonyl (C=S) groups is 1. The first-order valence-electron chi connectivity index (χ1n) is 8.26. The molecular weight excluding hydrogens is 330 g/mol. The molecule has 5 heteroatoms. The van der Waals surface area contributed by atoms with E-state index in [0.717, 1.165) is 33.3 Å². The number of hydrogen-bond acceptors (Lipinski definition) is 2. The first-order chi connectivity index (χ1) is 12.0. The lowest BCUT2D eigenvalue weighted by atomic mass is 10.1. The van der Waals surface area contributed by atoms with Crippen LogP contribution in [0.3, 0.4) is 0 Å². The molecular formula is C20H21N3OS. The van der Waals surface area contributed by atoms with Gasteiger partial charge in [0.05, 0.1) is 0 Å². The Hall–Kier alpha value is -2.66. The molecule has 0 spiro atoms. The molecule has 0 saturated carbocycles. The Balaban J connectivity index is 1.62. The highest BCUT2D eigenvalue weighted by Crippen LogP contribution is 2.14. The summed E-state index contributed by atoms with van der Waals surface area (Å²) in [7, 11) is 0. The highest BCUT2D eigenvalue weighted by molar-refractivity contribution is 7.80. The maximum atomic E-state index is 12.2. The Morgan fingerprint density at radius 1 is 1.12 bits per heavy atom. The molecule has 2 aromatic carbocycles. The van der Waals surface area contributed by atoms with Crippen molar-refractivity contribution >= 4 is 33.9 Å². The van der Waals surface area contributed by atoms with Crippen molar-refractivity contribution < 1.29 is 0 Å². The van der Waals surface area contributed by atoms with Crippen LogP contribution in [0.2, 0.25) is 0 Å². The average molecular weight is 351 g/mol. The minimum Gasteiger partial charge on any atom is -0.362 e. The number of pyridine rings is 1. The van der Waals surface area contributed by atoms with E-state index >= 15 is 0 Å². The number of anilines is 1. The Morgan fingerprint density at radius 3 is 2.72 bits per heavy atom. The molecule has 0 unspecified atom stereocenters. The number of aryl methyl sites for hydroxylation is 2. The number of hydrogen-bond donors (Lipinski definition) is 3. The highest BCUT2D eigenvalue weighted by Gasteiger charge is 2.05. The van der Waals surface area contributed by atoms with Crippen molar-refractivity contribution in [2.75, 3.05) is 11.9 Å². The van der Waals surface area contributed by atoms with E-state index in [9.17, 15) is 4.79 Å². The number of rotatable bonds is 4. The molecule has 3 rings (SSSR count). The van der Waals surface area contributed by atoms with Gasteiger partial charge in [-0.15, -0.1) is 0 Å². The Labute approximate surface area is 152 Å². The zero-order valence-corrected chi connectivity index (χ0v) is 15.2. The number of benzene rings is 2. The molecule has 1 heterocycles. The van der Waals surface area contributed by atoms with Gasteiger partial charge in [-0.2, -0.15) is 0 Å². The second kappa shape index (κ2) is 7.49. The fraction of sp³-hybridized carbons (Fsp3) is 0.200. The van der Waals surface area contributed by atoms with Gasteiger partial charge in [-0.1, -0.05) is 30.3 Å². The van der Waals surface area contributed by atoms with Crippen molar-refractivity contribution in [2.24, 2.45) is 0 Å². The fourth-order valence-electron chi connectivity index (χ4n) is 2.74. The zero-order chi connectivity index (χ0) is 17.8. The van der Waals surface area contributed by atoms with Gasteiger partial charge in [-0.3, -0.25) is 4.79 Å². The summed E-state index contributed by atoms with van der Waals surface area (Å²) in [5.74, 6) is 0. The molecule has 128 valence electrons. The largest absolute Gasteiger partial charge is 0.362 e. The van der Waals surface area contributed by atoms with E-state index in [-0.39, 0.29) is 5.56 Å². The van der Waals surface area contributed by atoms with Gasteiger partial charge >= 0.3 is 0 Å². The molecule has 0 radical (unpaired) electrons. The first kappa shape index (κ1) is 17.2. The number of aromatic amines is 1. The van der Waals surface area contributed by atoms with Gasteiger partial charge in [0.2, 0.25) is 0 Å². The van der Waals surface area contributed by atoms with Crippen LogP contribution in [0.5, 0.6) is 0 Å². The average Bonchev–Trinajstić information content (AvgIpc) is 2.57. The SMILES string of the molecule is Cc1ccc2cc(CCNC(=S)Nc3ccccc3C)c(=O)[nH]c2c1. The van der Waals surface area contributed by atoms with Crippen LogP contribution in [0.15, 0.2) is 53.3 Å². The molecule has 1 aromatic heterocycles. The summed E-state index contributed by atoms with van der Waals surface area (Å²) >= 11 is 5.33. The van der Waals surface area contributed by atoms with Gasteiger partial charge < -0.3 is 15.6 Å². The molecule has 0 atom stereocenters. The van der Waals surface area contributed by atoms with E-state index in [2.05, 4.69) is 15.6 Å². The van der Waals surface area contributed by atoms with Gasteiger partial charge in [-0.25, -0.2) is 0 Å². The standard InChI is InChI=1S/C20H21N3OS/c1-13-7-8-15-12-16(19(24)22-18(15)11-13)9-10-21-20(25)23-17-6-4-3-5-14(17)2/h3-8,11-12H,9-10H2,1-2H3,(H,22,24)(H2,21,23,25). The van der Waals surface area contributed by atoms with Gasteiger partial charge in [0.1, 0.15) is 0 Å². The van der Waals surface area contributed by atoms with E-state index in [1.807, 2.05) is 62.4 Å². The summed E-state index contributed by atoms with van der Waals surface area (Å²) in [5, 5.41) is 7.94. The van der Waals surface area contributed by atoms with Crippen molar-refractivity contribution in [3.8, 4) is 0 Å². The Morgan fingerprint density at radius 2 is 1.92 bits per heavy atom. The maximum Gasteiger partial charge on any atom is 0.251 e. The van der Waals surface area contributed by atoms with Gasteiger partial charge in [-0.05, 0) is 67.2 Å². The van der Waals surface area contributed by atoms with E-state index in [1.54, 1.807) is 0 Å². The van der Waals surface area contributed by atoms with Crippen LogP contribution < -0.4 is 16.2 Å². The van der Waals surface area contributed by atoms with Crippen LogP contribution in [0, 0.1) is 13.8 Å². The van der Waals surface area contributed by atoms with E-state index in [0.29, 0.717) is 18.1 Å². The lowest BCUT2D eigenvalue weighted by molar-refractivity contribution is 0.863. The highest BCUT2D eigenvalue weighted by atomic mass is 32.1. The molecule has 0 fully saturated rings. The lowest BCUT2D eigenvalue weighted by Gasteiger charge is -2.12. The van der Waals surface area contributed by atoms with Gasteiger partial charge in [0, 0.05) is 23.3 Å². The molecule has 0 aliphatic carbocycles. The third kappa shape index (κ3) is 4.25. The summed E-state index contributed by atoms with van der Waals surface area (Å²) < 4.78 is 0. The van der Waals surface area contributed by atoms with Crippen molar-refractivity contribution in [1.82, 2.24) is 10.3 Å². The Bertz CT molecular complexity index is 978. The Kier molecular flexibility index (Phi) is 5.14. The summed E-state index contributed by atoms with van der Waals surface area (Å²) in [5.41, 5.74) is 4.83. The van der Waals surface area contributed by atoms with Crippen LogP contribution in [0.25, 0.3) is 10.9 Å². The second-order valence-corrected chi connectivity index (χ2v) is 6.57. The number of fused-ring (bicyclic) bond motifs is 1. The smallest absolute Gasteiger partial charge is 0.251 e. The third-order valence-electron chi connectivity index (χ3n) is 4.15. The molecule has 3 aromatic rings. The van der Waals surface area contributed by atoms with E-state index in [4.69, 9.17) is 12.2 Å². The summed E-state index contributed by atoms with van der Waals surface area (Å²) in [6.07, 6.45) is 0.606. The van der Waals surface area contributed by atoms with E-state index < -0.39 is 0 Å². The number of nitrogens with one attached hydrogen (secondary N) is 3. The maximum absolute atomic E-state index is 12.2. The minimum absolute atomic E-state index is 0.0438. The van der Waals surface area contributed by atoms with Crippen LogP contribution in [0.1, 0.15) is 16.7 Å². The van der Waals surface area contributed by atoms with Crippen LogP contribution >= 0.6 is 12.2 Å². The van der Waals surface area contributed by atoms with Crippen molar-refractivity contribution in [3.05, 3.63) is 75.6 Å². The summed E-state index contributed by atoms with van der Waals surface area (Å²) in [4.78, 5) is 15.2. The van der Waals surface area contributed by atoms with Crippen LogP contribution in [0.4, 0.5) is 5.69 Å². The van der Waals surface area contributed by atoms with Crippen LogP contribution in [-0.2, 0) is 6.42 Å². The van der Waals surface area contributed by atoms with Gasteiger partial charge in [0.25, 0.3) is 5.56 Å². The zero-order valence-electron chi connectivity index (χ0n) is 14.3. The van der Waals surface area contributed by atoms with Crippen molar-refractivity contribution in [2.45, 2.75) is 20.3 Å². The number of aromatic nitrogens is 1. The second-order valence-electron chi connectivity index (χ2n) is 6.16. The molecule has 0 aliphatic rings. The fourth-order valence-corrected chi connectivity index (χ4v) is 2.95. The predicted molar refractivity (Wildman–Crippen MR) is 108 cm³/mol. The molecule has 4 nitrogen and oxygen atoms in total. The van der Waals surface area contributed by atoms with E-state index in [1.165, 1.54) is 0 Å². The molecule has 0 amide bonds. The minimum atomic E-state index is -0.0438. The number of H-pyrrole nitrogens is 1. The monoisotopic (exact) mass is 351 g/mol. The molecule has 25 heavy (non-hydrogen) atoms. The molecule has 0 aliphatic heterocycles. The van der Waals surface area contributed by atoms with Crippen molar-refractivity contribution in [1.29, 1.82) is 0 Å². The van der Waals surface area contributed by atoms with Crippen molar-refractivity contribution in [3.63, 3.8) is 0 Å². The molecule has 0 bridgehead atoms. The quantitative estimate of drug-likeness (QED) is 0.628. The topological polar surface area (TPSA) is 56.9 Å². The van der Waals surface area contributed by atoms with Crippen LogP contribution in [-0.4, -0.2) is 16.6 Å². The normalized spacial score (nSPS) is 10.6. The summed E-state index contributed by atoms with van der Waals surface area (Å²) in [6.45, 7) is 4.64. The molecule has 3 N–H and O–H groups in total. The summed E-state index contributed by atoms with van der Waals surface area (Å²) in [6, 6.07) is 16.0. The third-order valence-corrected chi connectivity index (χ3v) is 4.40. The lowest BCUT2D eigenvalue weighted by Crippen LogP contribution is -2.31. The first-order valence-corrected chi connectivity index (χ1v) is 8.67. The predicted octanol–water partition coefficient (Wildman–Crippen LogP) is 3.67.